The third-order valence-corrected chi connectivity index (χ3v) is 3.60. The maximum absolute atomic E-state index is 7.56. The Bertz CT molecular complexity index is 543. The summed E-state index contributed by atoms with van der Waals surface area (Å²) in [6.45, 7) is 0. The van der Waals surface area contributed by atoms with E-state index in [-0.39, 0.29) is 5.84 Å². The number of nitrogen functional groups attached to an aromatic ring is 1. The summed E-state index contributed by atoms with van der Waals surface area (Å²) in [5, 5.41) is 8.45. The molecule has 0 saturated heterocycles. The van der Waals surface area contributed by atoms with Gasteiger partial charge < -0.3 is 5.73 Å². The number of hydrogen-bond donors (Lipinski definition) is 2. The van der Waals surface area contributed by atoms with E-state index in [1.807, 2.05) is 36.4 Å². The lowest BCUT2D eigenvalue weighted by Gasteiger charge is -2.07. The molecule has 0 aliphatic carbocycles. The van der Waals surface area contributed by atoms with E-state index in [4.69, 9.17) is 11.1 Å². The molecule has 1 aromatic carbocycles. The Balaban J connectivity index is 2.36. The summed E-state index contributed by atoms with van der Waals surface area (Å²) in [6.07, 6.45) is 1.74. The molecule has 17 heavy (non-hydrogen) atoms. The Kier molecular flexibility index (Phi) is 3.81. The van der Waals surface area contributed by atoms with Gasteiger partial charge in [-0.2, -0.15) is 0 Å². The topological polar surface area (TPSA) is 62.8 Å². The lowest BCUT2D eigenvalue weighted by molar-refractivity contribution is 1.13. The second kappa shape index (κ2) is 5.33. The van der Waals surface area contributed by atoms with Gasteiger partial charge in [0.15, 0.2) is 0 Å². The van der Waals surface area contributed by atoms with Gasteiger partial charge in [-0.1, -0.05) is 33.8 Å². The van der Waals surface area contributed by atoms with Crippen molar-refractivity contribution in [2.24, 2.45) is 5.73 Å². The predicted molar refractivity (Wildman–Crippen MR) is 73.5 cm³/mol. The summed E-state index contributed by atoms with van der Waals surface area (Å²) in [4.78, 5) is 5.17. The fourth-order valence-electron chi connectivity index (χ4n) is 1.32. The number of nitrogens with one attached hydrogen (secondary N) is 1. The van der Waals surface area contributed by atoms with Crippen molar-refractivity contribution in [1.29, 1.82) is 5.41 Å². The van der Waals surface area contributed by atoms with Crippen molar-refractivity contribution >= 4 is 33.5 Å². The van der Waals surface area contributed by atoms with Crippen LogP contribution < -0.4 is 5.73 Å². The zero-order chi connectivity index (χ0) is 12.3. The fourth-order valence-corrected chi connectivity index (χ4v) is 2.58. The first-order valence-electron chi connectivity index (χ1n) is 4.89. The largest absolute Gasteiger partial charge is 0.384 e. The summed E-state index contributed by atoms with van der Waals surface area (Å²) in [5.74, 6) is 0.0599. The van der Waals surface area contributed by atoms with Crippen molar-refractivity contribution in [3.05, 3.63) is 52.6 Å². The van der Waals surface area contributed by atoms with Gasteiger partial charge in [0.2, 0.25) is 0 Å². The smallest absolute Gasteiger partial charge is 0.123 e. The number of nitrogens with two attached hydrogens (primary N) is 1. The number of aromatic nitrogens is 1. The second-order valence-electron chi connectivity index (χ2n) is 3.32. The molecule has 0 aliphatic rings. The van der Waals surface area contributed by atoms with Crippen LogP contribution in [0.3, 0.4) is 0 Å². The van der Waals surface area contributed by atoms with E-state index in [1.54, 1.807) is 6.20 Å². The van der Waals surface area contributed by atoms with Gasteiger partial charge in [-0.25, -0.2) is 4.98 Å². The summed E-state index contributed by atoms with van der Waals surface area (Å²) in [7, 11) is 0. The summed E-state index contributed by atoms with van der Waals surface area (Å²) >= 11 is 4.87. The van der Waals surface area contributed by atoms with Gasteiger partial charge in [-0.15, -0.1) is 0 Å². The zero-order valence-electron chi connectivity index (χ0n) is 8.85. The van der Waals surface area contributed by atoms with E-state index in [1.165, 1.54) is 11.8 Å². The maximum atomic E-state index is 7.56. The first-order valence-corrected chi connectivity index (χ1v) is 6.50. The highest BCUT2D eigenvalue weighted by Crippen LogP contribution is 2.30. The summed E-state index contributed by atoms with van der Waals surface area (Å²) in [6, 6.07) is 11.4. The highest BCUT2D eigenvalue weighted by atomic mass is 79.9. The average Bonchev–Trinajstić information content (AvgIpc) is 2.32. The van der Waals surface area contributed by atoms with Crippen LogP contribution in [-0.2, 0) is 0 Å². The van der Waals surface area contributed by atoms with Gasteiger partial charge in [0.1, 0.15) is 10.9 Å². The highest BCUT2D eigenvalue weighted by Gasteiger charge is 2.08. The molecule has 5 heteroatoms. The van der Waals surface area contributed by atoms with Crippen molar-refractivity contribution in [1.82, 2.24) is 4.98 Å². The minimum absolute atomic E-state index is 0.0599. The SMILES string of the molecule is N=C(N)c1cc(Br)ccc1Sc1ccccn1. The minimum atomic E-state index is 0.0599. The first-order chi connectivity index (χ1) is 8.16. The lowest BCUT2D eigenvalue weighted by Crippen LogP contribution is -2.12. The molecule has 0 spiro atoms. The lowest BCUT2D eigenvalue weighted by atomic mass is 10.2. The maximum Gasteiger partial charge on any atom is 0.123 e. The standard InChI is InChI=1S/C12H10BrN3S/c13-8-4-5-10(9(7-8)12(14)15)17-11-3-1-2-6-16-11/h1-7H,(H3,14,15). The number of rotatable bonds is 3. The molecule has 86 valence electrons. The van der Waals surface area contributed by atoms with Crippen molar-refractivity contribution in [2.75, 3.05) is 0 Å². The molecule has 1 heterocycles. The number of nitrogens with zero attached hydrogens (tertiary/aromatic N) is 1. The van der Waals surface area contributed by atoms with E-state index in [2.05, 4.69) is 20.9 Å². The molecule has 0 atom stereocenters. The van der Waals surface area contributed by atoms with Gasteiger partial charge in [-0.3, -0.25) is 5.41 Å². The van der Waals surface area contributed by atoms with E-state index in [0.29, 0.717) is 0 Å². The molecule has 0 aliphatic heterocycles. The van der Waals surface area contributed by atoms with Crippen LogP contribution >= 0.6 is 27.7 Å². The molecule has 0 unspecified atom stereocenters. The minimum Gasteiger partial charge on any atom is -0.384 e. The Hall–Kier alpha value is -1.33. The Labute approximate surface area is 112 Å². The molecule has 3 N–H and O–H groups in total. The van der Waals surface area contributed by atoms with Gasteiger partial charge in [0.25, 0.3) is 0 Å². The Morgan fingerprint density at radius 2 is 2.12 bits per heavy atom. The third kappa shape index (κ3) is 3.08. The van der Waals surface area contributed by atoms with Crippen LogP contribution in [0.25, 0.3) is 0 Å². The third-order valence-electron chi connectivity index (χ3n) is 2.08. The van der Waals surface area contributed by atoms with Crippen molar-refractivity contribution in [3.63, 3.8) is 0 Å². The molecule has 2 rings (SSSR count). The molecular weight excluding hydrogens is 298 g/mol. The van der Waals surface area contributed by atoms with Crippen LogP contribution in [0.4, 0.5) is 0 Å². The highest BCUT2D eigenvalue weighted by molar-refractivity contribution is 9.10. The van der Waals surface area contributed by atoms with E-state index in [0.717, 1.165) is 20.0 Å². The van der Waals surface area contributed by atoms with Gasteiger partial charge in [-0.05, 0) is 30.3 Å². The van der Waals surface area contributed by atoms with Gasteiger partial charge in [0, 0.05) is 21.1 Å². The predicted octanol–water partition coefficient (Wildman–Crippen LogP) is 3.28. The van der Waals surface area contributed by atoms with Crippen LogP contribution in [0.1, 0.15) is 5.56 Å². The number of hydrogen-bond acceptors (Lipinski definition) is 3. The van der Waals surface area contributed by atoms with Crippen LogP contribution in [0, 0.1) is 5.41 Å². The first kappa shape index (κ1) is 12.1. The van der Waals surface area contributed by atoms with Crippen molar-refractivity contribution in [2.45, 2.75) is 9.92 Å². The van der Waals surface area contributed by atoms with Crippen LogP contribution in [0.5, 0.6) is 0 Å². The number of halogens is 1. The van der Waals surface area contributed by atoms with Crippen molar-refractivity contribution in [3.8, 4) is 0 Å². The molecule has 0 radical (unpaired) electrons. The fraction of sp³-hybridized carbons (Fsp3) is 0. The average molecular weight is 308 g/mol. The molecule has 0 fully saturated rings. The number of amidine groups is 1. The summed E-state index contributed by atoms with van der Waals surface area (Å²) < 4.78 is 0.910. The van der Waals surface area contributed by atoms with E-state index in [9.17, 15) is 0 Å². The molecule has 0 bridgehead atoms. The quantitative estimate of drug-likeness (QED) is 0.675. The van der Waals surface area contributed by atoms with Crippen LogP contribution in [0.15, 0.2) is 57.0 Å². The van der Waals surface area contributed by atoms with Crippen molar-refractivity contribution < 1.29 is 0 Å². The molecule has 0 saturated carbocycles. The number of benzene rings is 1. The molecule has 3 nitrogen and oxygen atoms in total. The van der Waals surface area contributed by atoms with E-state index >= 15 is 0 Å². The summed E-state index contributed by atoms with van der Waals surface area (Å²) in [5.41, 5.74) is 6.28. The Morgan fingerprint density at radius 3 is 2.76 bits per heavy atom. The number of pyridine rings is 1. The van der Waals surface area contributed by atoms with Gasteiger partial charge in [0.05, 0.1) is 0 Å². The van der Waals surface area contributed by atoms with E-state index < -0.39 is 0 Å². The normalized spacial score (nSPS) is 10.2. The zero-order valence-corrected chi connectivity index (χ0v) is 11.3. The van der Waals surface area contributed by atoms with Crippen LogP contribution in [-0.4, -0.2) is 10.8 Å². The van der Waals surface area contributed by atoms with Gasteiger partial charge >= 0.3 is 0 Å². The molecular formula is C12H10BrN3S. The molecule has 2 aromatic rings. The molecule has 0 amide bonds. The second-order valence-corrected chi connectivity index (χ2v) is 5.30. The Morgan fingerprint density at radius 1 is 1.29 bits per heavy atom. The monoisotopic (exact) mass is 307 g/mol. The molecule has 1 aromatic heterocycles. The van der Waals surface area contributed by atoms with Crippen LogP contribution in [0.2, 0.25) is 0 Å².